The van der Waals surface area contributed by atoms with Gasteiger partial charge in [-0.25, -0.2) is 0 Å². The number of rotatable bonds is 0. The minimum absolute atomic E-state index is 0. The molecule has 0 aliphatic heterocycles. The van der Waals surface area contributed by atoms with Gasteiger partial charge in [-0.1, -0.05) is 18.2 Å². The summed E-state index contributed by atoms with van der Waals surface area (Å²) >= 11 is 0. The van der Waals surface area contributed by atoms with Crippen LogP contribution in [0.15, 0.2) is 30.3 Å². The molecule has 0 aliphatic carbocycles. The van der Waals surface area contributed by atoms with Gasteiger partial charge in [0, 0.05) is 0 Å². The van der Waals surface area contributed by atoms with Crippen LogP contribution in [0, 0.1) is 0 Å². The van der Waals surface area contributed by atoms with Crippen LogP contribution in [0.2, 0.25) is 0 Å². The van der Waals surface area contributed by atoms with Crippen LogP contribution in [0.5, 0.6) is 5.75 Å². The molecule has 11 heteroatoms. The Labute approximate surface area is 181 Å². The smallest absolute Gasteiger partial charge is 1.00 e. The summed E-state index contributed by atoms with van der Waals surface area (Å²) in [7, 11) is 0. The quantitative estimate of drug-likeness (QED) is 0.372. The molecule has 0 aliphatic rings. The van der Waals surface area contributed by atoms with Gasteiger partial charge in [0.15, 0.2) is 0 Å². The fourth-order valence-electron chi connectivity index (χ4n) is 0.428. The molecule has 0 saturated carbocycles. The first kappa shape index (κ1) is 73.0. The number of phenolic OH excluding ortho intramolecular Hbond substituents is 1. The molecule has 0 fully saturated rings. The Balaban J connectivity index is -0.00000000612. The Kier molecular flexibility index (Phi) is 219. The van der Waals surface area contributed by atoms with Crippen molar-refractivity contribution in [3.8, 4) is 5.75 Å². The van der Waals surface area contributed by atoms with E-state index in [4.69, 9.17) is 5.11 Å². The summed E-state index contributed by atoms with van der Waals surface area (Å²) in [6.45, 7) is 0. The van der Waals surface area contributed by atoms with Crippen molar-refractivity contribution in [3.63, 3.8) is 0 Å². The van der Waals surface area contributed by atoms with Gasteiger partial charge in [0.25, 0.3) is 0 Å². The first-order valence-corrected chi connectivity index (χ1v) is 2.13. The van der Waals surface area contributed by atoms with E-state index < -0.39 is 0 Å². The summed E-state index contributed by atoms with van der Waals surface area (Å²) in [6, 6.07) is 8.71. The Bertz CT molecular complexity index is 158. The Morgan fingerprint density at radius 1 is 0.529 bits per heavy atom. The Morgan fingerprint density at radius 3 is 0.882 bits per heavy atom. The summed E-state index contributed by atoms with van der Waals surface area (Å²) in [5.41, 5.74) is 0. The fourth-order valence-corrected chi connectivity index (χ4v) is 0.428. The zero-order valence-corrected chi connectivity index (χ0v) is 17.0. The molecule has 1 nitrogen and oxygen atoms in total. The summed E-state index contributed by atoms with van der Waals surface area (Å²) in [5, 5.41) is 8.63. The van der Waals surface area contributed by atoms with Crippen molar-refractivity contribution in [3.05, 3.63) is 30.3 Å². The molecule has 0 unspecified atom stereocenters. The van der Waals surface area contributed by atoms with Crippen molar-refractivity contribution in [2.45, 2.75) is 0 Å². The predicted octanol–water partition coefficient (Wildman–Crippen LogP) is -22.6. The summed E-state index contributed by atoms with van der Waals surface area (Å²) in [5.74, 6) is 0.322. The number of hydrogen-bond donors (Lipinski definition) is 1. The minimum atomic E-state index is 0. The van der Waals surface area contributed by atoms with Crippen molar-refractivity contribution < 1.29 is 148 Å². The number of halogens is 8. The van der Waals surface area contributed by atoms with Gasteiger partial charge in [-0.15, -0.1) is 0 Å². The van der Waals surface area contributed by atoms with E-state index in [0.29, 0.717) is 5.75 Å². The molecular weight excluding hydrogens is 467 g/mol. The summed E-state index contributed by atoms with van der Waals surface area (Å²) < 4.78 is 0. The van der Waals surface area contributed by atoms with E-state index in [2.05, 4.69) is 0 Å². The van der Waals surface area contributed by atoms with E-state index in [1.165, 1.54) is 0 Å². The molecule has 0 aromatic heterocycles. The Hall–Kier alpha value is 2.77. The standard InChI is InChI=1S/C6H6O.8ClH.2Ti/c7-6-4-2-1-3-5-6;;;;;;;;;;/h1-5,7H;8*1H;;/q;;;;;;;;;2*+4/p-8. The second kappa shape index (κ2) is 51.1. The first-order valence-electron chi connectivity index (χ1n) is 2.13. The van der Waals surface area contributed by atoms with Crippen molar-refractivity contribution in [2.75, 3.05) is 0 Å². The van der Waals surface area contributed by atoms with Crippen LogP contribution in [0.1, 0.15) is 0 Å². The number of hydrogen-bond acceptors (Lipinski definition) is 1. The van der Waals surface area contributed by atoms with Gasteiger partial charge >= 0.3 is 43.4 Å². The molecule has 1 aromatic carbocycles. The fraction of sp³-hybridized carbons (Fsp3) is 0. The molecule has 100 valence electrons. The molecule has 1 aromatic rings. The van der Waals surface area contributed by atoms with E-state index in [0.717, 1.165) is 0 Å². The minimum Gasteiger partial charge on any atom is -1.00 e. The van der Waals surface area contributed by atoms with Crippen LogP contribution in [-0.2, 0) is 43.4 Å². The molecule has 0 spiro atoms. The largest absolute Gasteiger partial charge is 4.00 e. The Morgan fingerprint density at radius 2 is 0.765 bits per heavy atom. The topological polar surface area (TPSA) is 20.2 Å². The summed E-state index contributed by atoms with van der Waals surface area (Å²) in [4.78, 5) is 0. The van der Waals surface area contributed by atoms with Crippen LogP contribution in [0.25, 0.3) is 0 Å². The van der Waals surface area contributed by atoms with E-state index in [-0.39, 0.29) is 143 Å². The molecule has 0 atom stereocenters. The van der Waals surface area contributed by atoms with Crippen molar-refractivity contribution >= 4 is 0 Å². The van der Waals surface area contributed by atoms with Gasteiger partial charge < -0.3 is 104 Å². The average molecular weight is 473 g/mol. The van der Waals surface area contributed by atoms with Gasteiger partial charge in [-0.05, 0) is 12.1 Å². The normalized spacial score (nSPS) is 3.53. The van der Waals surface area contributed by atoms with E-state index in [9.17, 15) is 0 Å². The number of benzene rings is 1. The number of phenols is 1. The molecule has 1 rings (SSSR count). The van der Waals surface area contributed by atoms with E-state index in [1.54, 1.807) is 24.3 Å². The molecule has 0 saturated heterocycles. The maximum Gasteiger partial charge on any atom is 4.00 e. The molecule has 0 amide bonds. The monoisotopic (exact) mass is 470 g/mol. The SMILES string of the molecule is Oc1ccccc1.[Cl-].[Cl-].[Cl-].[Cl-].[Cl-].[Cl-].[Cl-].[Cl-].[Ti+4].[Ti+4]. The third-order valence-electron chi connectivity index (χ3n) is 0.756. The van der Waals surface area contributed by atoms with Gasteiger partial charge in [0.2, 0.25) is 0 Å². The van der Waals surface area contributed by atoms with Gasteiger partial charge in [-0.2, -0.15) is 0 Å². The van der Waals surface area contributed by atoms with Crippen molar-refractivity contribution in [1.82, 2.24) is 0 Å². The van der Waals surface area contributed by atoms with Crippen LogP contribution in [0.3, 0.4) is 0 Å². The first-order chi connectivity index (χ1) is 3.39. The van der Waals surface area contributed by atoms with Crippen LogP contribution in [0.4, 0.5) is 0 Å². The van der Waals surface area contributed by atoms with Gasteiger partial charge in [0.1, 0.15) is 5.75 Å². The van der Waals surface area contributed by atoms with E-state index in [1.807, 2.05) is 6.07 Å². The zero-order chi connectivity index (χ0) is 5.11. The van der Waals surface area contributed by atoms with Crippen molar-refractivity contribution in [2.24, 2.45) is 0 Å². The average Bonchev–Trinajstić information content (AvgIpc) is 1.69. The van der Waals surface area contributed by atoms with Crippen LogP contribution >= 0.6 is 0 Å². The predicted molar refractivity (Wildman–Crippen MR) is 28.1 cm³/mol. The number of aromatic hydroxyl groups is 1. The van der Waals surface area contributed by atoms with Gasteiger partial charge in [0.05, 0.1) is 0 Å². The molecule has 0 bridgehead atoms. The van der Waals surface area contributed by atoms with Crippen LogP contribution in [-0.4, -0.2) is 5.11 Å². The second-order valence-electron chi connectivity index (χ2n) is 1.34. The van der Waals surface area contributed by atoms with E-state index >= 15 is 0 Å². The van der Waals surface area contributed by atoms with Crippen molar-refractivity contribution in [1.29, 1.82) is 0 Å². The molecule has 1 N–H and O–H groups in total. The molecule has 0 radical (unpaired) electrons. The zero-order valence-electron chi connectivity index (χ0n) is 7.86. The maximum atomic E-state index is 8.63. The second-order valence-corrected chi connectivity index (χ2v) is 1.34. The maximum absolute atomic E-state index is 8.63. The third-order valence-corrected chi connectivity index (χ3v) is 0.756. The summed E-state index contributed by atoms with van der Waals surface area (Å²) in [6.07, 6.45) is 0. The van der Waals surface area contributed by atoms with Crippen LogP contribution < -0.4 is 99.3 Å². The molecule has 17 heavy (non-hydrogen) atoms. The third kappa shape index (κ3) is 45.5. The molecular formula is C6H6Cl8OTi2. The number of para-hydroxylation sites is 1. The van der Waals surface area contributed by atoms with Gasteiger partial charge in [-0.3, -0.25) is 0 Å². The molecule has 0 heterocycles.